The molecule has 0 bridgehead atoms. The third kappa shape index (κ3) is 3.65. The number of fused-ring (bicyclic) bond motifs is 7. The van der Waals surface area contributed by atoms with Crippen molar-refractivity contribution in [1.29, 1.82) is 0 Å². The lowest BCUT2D eigenvalue weighted by Gasteiger charge is -2.13. The molecule has 1 heterocycles. The summed E-state index contributed by atoms with van der Waals surface area (Å²) in [6, 6.07) is 51.4. The molecular formula is C38H24N2. The van der Waals surface area contributed by atoms with Gasteiger partial charge in [0.15, 0.2) is 5.82 Å². The van der Waals surface area contributed by atoms with Gasteiger partial charge < -0.3 is 0 Å². The van der Waals surface area contributed by atoms with Crippen LogP contribution in [0.15, 0.2) is 146 Å². The summed E-state index contributed by atoms with van der Waals surface area (Å²) in [6.45, 7) is 0. The van der Waals surface area contributed by atoms with E-state index in [4.69, 9.17) is 9.97 Å². The molecule has 7 aromatic carbocycles. The number of rotatable bonds is 3. The Hall–Kier alpha value is -5.34. The van der Waals surface area contributed by atoms with Crippen molar-refractivity contribution in [2.75, 3.05) is 0 Å². The average Bonchev–Trinajstić information content (AvgIpc) is 3.04. The van der Waals surface area contributed by atoms with Gasteiger partial charge in [-0.1, -0.05) is 133 Å². The molecule has 0 atom stereocenters. The Morgan fingerprint density at radius 1 is 0.300 bits per heavy atom. The van der Waals surface area contributed by atoms with Crippen molar-refractivity contribution in [2.45, 2.75) is 0 Å². The quantitative estimate of drug-likeness (QED) is 0.222. The molecule has 8 rings (SSSR count). The molecule has 2 nitrogen and oxygen atoms in total. The van der Waals surface area contributed by atoms with Gasteiger partial charge in [-0.2, -0.15) is 0 Å². The van der Waals surface area contributed by atoms with Crippen LogP contribution in [0.4, 0.5) is 0 Å². The van der Waals surface area contributed by atoms with Crippen molar-refractivity contribution in [3.63, 3.8) is 0 Å². The van der Waals surface area contributed by atoms with Crippen LogP contribution < -0.4 is 0 Å². The molecule has 8 aromatic rings. The Kier molecular flexibility index (Phi) is 5.17. The largest absolute Gasteiger partial charge is 0.228 e. The van der Waals surface area contributed by atoms with Crippen LogP contribution in [0.3, 0.4) is 0 Å². The number of hydrogen-bond donors (Lipinski definition) is 0. The van der Waals surface area contributed by atoms with Crippen LogP contribution in [0.25, 0.3) is 77.0 Å². The van der Waals surface area contributed by atoms with E-state index < -0.39 is 0 Å². The molecule has 0 aliphatic heterocycles. The molecule has 0 aliphatic rings. The summed E-state index contributed by atoms with van der Waals surface area (Å²) in [5, 5.41) is 8.64. The first kappa shape index (κ1) is 22.6. The highest BCUT2D eigenvalue weighted by Crippen LogP contribution is 2.38. The lowest BCUT2D eigenvalue weighted by Crippen LogP contribution is -1.95. The van der Waals surface area contributed by atoms with Crippen LogP contribution in [0.2, 0.25) is 0 Å². The normalized spacial score (nSPS) is 11.5. The molecule has 0 fully saturated rings. The number of benzene rings is 7. The summed E-state index contributed by atoms with van der Waals surface area (Å²) in [4.78, 5) is 10.2. The van der Waals surface area contributed by atoms with Crippen molar-refractivity contribution < 1.29 is 0 Å². The Balaban J connectivity index is 1.34. The molecule has 0 saturated heterocycles. The smallest absolute Gasteiger partial charge is 0.160 e. The predicted octanol–water partition coefficient (Wildman–Crippen LogP) is 10.1. The van der Waals surface area contributed by atoms with E-state index in [1.54, 1.807) is 0 Å². The first-order chi connectivity index (χ1) is 19.8. The Bertz CT molecular complexity index is 2160. The SMILES string of the molecule is c1ccc(-c2ccc(-c3nc(-c4ccc5c6ccccc6c6ccccc6c5c4)c4ccccc4n3)cc2)cc1. The maximum atomic E-state index is 5.18. The Morgan fingerprint density at radius 3 is 1.45 bits per heavy atom. The van der Waals surface area contributed by atoms with Gasteiger partial charge >= 0.3 is 0 Å². The zero-order valence-corrected chi connectivity index (χ0v) is 21.8. The van der Waals surface area contributed by atoms with Crippen molar-refractivity contribution in [3.8, 4) is 33.8 Å². The van der Waals surface area contributed by atoms with Gasteiger partial charge in [-0.15, -0.1) is 0 Å². The number of hydrogen-bond acceptors (Lipinski definition) is 2. The summed E-state index contributed by atoms with van der Waals surface area (Å²) in [6.07, 6.45) is 0. The highest BCUT2D eigenvalue weighted by atomic mass is 14.9. The molecule has 186 valence electrons. The topological polar surface area (TPSA) is 25.8 Å². The molecule has 0 aliphatic carbocycles. The zero-order valence-electron chi connectivity index (χ0n) is 21.8. The predicted molar refractivity (Wildman–Crippen MR) is 168 cm³/mol. The highest BCUT2D eigenvalue weighted by molar-refractivity contribution is 6.25. The lowest BCUT2D eigenvalue weighted by molar-refractivity contribution is 1.23. The van der Waals surface area contributed by atoms with Gasteiger partial charge in [0.05, 0.1) is 11.2 Å². The van der Waals surface area contributed by atoms with Crippen LogP contribution in [0.5, 0.6) is 0 Å². The number of nitrogens with zero attached hydrogens (tertiary/aromatic N) is 2. The second-order valence-corrected chi connectivity index (χ2v) is 10.2. The van der Waals surface area contributed by atoms with E-state index in [2.05, 4.69) is 133 Å². The van der Waals surface area contributed by atoms with E-state index in [1.165, 1.54) is 43.4 Å². The van der Waals surface area contributed by atoms with Crippen molar-refractivity contribution in [2.24, 2.45) is 0 Å². The summed E-state index contributed by atoms with van der Waals surface area (Å²) in [7, 11) is 0. The number of para-hydroxylation sites is 1. The molecule has 0 unspecified atom stereocenters. The second-order valence-electron chi connectivity index (χ2n) is 10.2. The standard InChI is InChI=1S/C38H24N2/c1-2-10-25(11-3-1)26-18-20-27(21-19-26)38-39-36-17-9-8-16-34(36)37(40-38)28-22-23-33-31-14-5-4-12-29(31)30-13-6-7-15-32(30)35(33)24-28/h1-24H. The summed E-state index contributed by atoms with van der Waals surface area (Å²) < 4.78 is 0. The molecule has 0 saturated carbocycles. The second kappa shape index (κ2) is 9.14. The molecule has 0 spiro atoms. The molecular weight excluding hydrogens is 484 g/mol. The molecule has 40 heavy (non-hydrogen) atoms. The van der Waals surface area contributed by atoms with Crippen LogP contribution in [0.1, 0.15) is 0 Å². The van der Waals surface area contributed by atoms with E-state index in [0.717, 1.165) is 33.5 Å². The fourth-order valence-electron chi connectivity index (χ4n) is 5.92. The molecule has 2 heteroatoms. The zero-order chi connectivity index (χ0) is 26.5. The van der Waals surface area contributed by atoms with E-state index in [0.29, 0.717) is 0 Å². The van der Waals surface area contributed by atoms with Gasteiger partial charge in [0, 0.05) is 16.5 Å². The lowest BCUT2D eigenvalue weighted by atomic mass is 9.92. The van der Waals surface area contributed by atoms with E-state index in [9.17, 15) is 0 Å². The highest BCUT2D eigenvalue weighted by Gasteiger charge is 2.14. The van der Waals surface area contributed by atoms with Crippen LogP contribution in [0, 0.1) is 0 Å². The first-order valence-corrected chi connectivity index (χ1v) is 13.6. The molecule has 0 N–H and O–H groups in total. The van der Waals surface area contributed by atoms with Gasteiger partial charge in [-0.3, -0.25) is 0 Å². The fourth-order valence-corrected chi connectivity index (χ4v) is 5.92. The maximum absolute atomic E-state index is 5.18. The average molecular weight is 509 g/mol. The van der Waals surface area contributed by atoms with Crippen LogP contribution in [-0.4, -0.2) is 9.97 Å². The summed E-state index contributed by atoms with van der Waals surface area (Å²) >= 11 is 0. The van der Waals surface area contributed by atoms with Gasteiger partial charge in [0.25, 0.3) is 0 Å². The Labute approximate surface area is 232 Å². The summed E-state index contributed by atoms with van der Waals surface area (Å²) in [5.41, 5.74) is 6.37. The molecule has 1 aromatic heterocycles. The van der Waals surface area contributed by atoms with Crippen molar-refractivity contribution in [1.82, 2.24) is 9.97 Å². The Morgan fingerprint density at radius 2 is 0.775 bits per heavy atom. The van der Waals surface area contributed by atoms with E-state index in [-0.39, 0.29) is 0 Å². The van der Waals surface area contributed by atoms with Gasteiger partial charge in [0.2, 0.25) is 0 Å². The van der Waals surface area contributed by atoms with Crippen molar-refractivity contribution in [3.05, 3.63) is 146 Å². The maximum Gasteiger partial charge on any atom is 0.160 e. The molecule has 0 radical (unpaired) electrons. The van der Waals surface area contributed by atoms with Gasteiger partial charge in [-0.25, -0.2) is 9.97 Å². The minimum atomic E-state index is 0.733. The van der Waals surface area contributed by atoms with Gasteiger partial charge in [0.1, 0.15) is 0 Å². The minimum Gasteiger partial charge on any atom is -0.228 e. The third-order valence-corrected chi connectivity index (χ3v) is 7.87. The van der Waals surface area contributed by atoms with Crippen LogP contribution >= 0.6 is 0 Å². The van der Waals surface area contributed by atoms with Crippen LogP contribution in [-0.2, 0) is 0 Å². The minimum absolute atomic E-state index is 0.733. The monoisotopic (exact) mass is 508 g/mol. The number of aromatic nitrogens is 2. The summed E-state index contributed by atoms with van der Waals surface area (Å²) in [5.74, 6) is 0.733. The first-order valence-electron chi connectivity index (χ1n) is 13.6. The van der Waals surface area contributed by atoms with E-state index in [1.807, 2.05) is 12.1 Å². The van der Waals surface area contributed by atoms with Crippen molar-refractivity contribution >= 4 is 43.2 Å². The van der Waals surface area contributed by atoms with E-state index >= 15 is 0 Å². The van der Waals surface area contributed by atoms with Gasteiger partial charge in [-0.05, 0) is 55.6 Å². The third-order valence-electron chi connectivity index (χ3n) is 7.87. The molecule has 0 amide bonds. The fraction of sp³-hybridized carbons (Fsp3) is 0.